The molecule has 7 heteroatoms. The van der Waals surface area contributed by atoms with Gasteiger partial charge in [0.2, 0.25) is 0 Å². The molecule has 0 spiro atoms. The molecule has 1 N–H and O–H groups in total. The molecule has 2 heterocycles. The minimum Gasteiger partial charge on any atom is -0.465 e. The van der Waals surface area contributed by atoms with Gasteiger partial charge in [-0.05, 0) is 44.2 Å². The lowest BCUT2D eigenvalue weighted by atomic mass is 10.1. The van der Waals surface area contributed by atoms with Gasteiger partial charge in [-0.15, -0.1) is 0 Å². The number of esters is 1. The van der Waals surface area contributed by atoms with E-state index in [1.807, 2.05) is 19.2 Å². The lowest BCUT2D eigenvalue weighted by molar-refractivity contribution is 0.0601. The van der Waals surface area contributed by atoms with Gasteiger partial charge in [0.1, 0.15) is 5.69 Å². The quantitative estimate of drug-likeness (QED) is 0.546. The molecule has 0 unspecified atom stereocenters. The molecule has 0 saturated heterocycles. The molecule has 0 amide bonds. The number of H-pyrrole nitrogens is 1. The van der Waals surface area contributed by atoms with Crippen molar-refractivity contribution in [1.29, 1.82) is 0 Å². The minimum absolute atomic E-state index is 0.229. The number of nitrogens with one attached hydrogen (secondary N) is 1. The summed E-state index contributed by atoms with van der Waals surface area (Å²) in [4.78, 5) is 23.7. The Bertz CT molecular complexity index is 1180. The predicted molar refractivity (Wildman–Crippen MR) is 110 cm³/mol. The molecule has 0 bridgehead atoms. The number of methoxy groups -OCH3 is 1. The van der Waals surface area contributed by atoms with Crippen molar-refractivity contribution in [2.75, 3.05) is 19.1 Å². The van der Waals surface area contributed by atoms with Gasteiger partial charge in [-0.2, -0.15) is 5.10 Å². The Kier molecular flexibility index (Phi) is 4.43. The summed E-state index contributed by atoms with van der Waals surface area (Å²) in [6, 6.07) is 11.5. The number of ether oxygens (including phenoxy) is 1. The first kappa shape index (κ1) is 17.9. The number of rotatable bonds is 4. The Hall–Kier alpha value is -3.48. The van der Waals surface area contributed by atoms with E-state index in [-0.39, 0.29) is 6.04 Å². The number of benzene rings is 2. The second-order valence-electron chi connectivity index (χ2n) is 6.97. The Morgan fingerprint density at radius 2 is 1.93 bits per heavy atom. The van der Waals surface area contributed by atoms with Crippen molar-refractivity contribution in [1.82, 2.24) is 20.2 Å². The Balaban J connectivity index is 1.94. The van der Waals surface area contributed by atoms with Gasteiger partial charge in [-0.3, -0.25) is 5.10 Å². The van der Waals surface area contributed by atoms with Crippen LogP contribution >= 0.6 is 0 Å². The first-order valence-electron chi connectivity index (χ1n) is 9.04. The van der Waals surface area contributed by atoms with E-state index >= 15 is 0 Å². The van der Waals surface area contributed by atoms with Crippen molar-refractivity contribution in [2.45, 2.75) is 19.9 Å². The van der Waals surface area contributed by atoms with Gasteiger partial charge in [0.25, 0.3) is 0 Å². The molecule has 2 aromatic heterocycles. The van der Waals surface area contributed by atoms with Crippen molar-refractivity contribution < 1.29 is 9.53 Å². The molecule has 142 valence electrons. The summed E-state index contributed by atoms with van der Waals surface area (Å²) in [5.74, 6) is 0.365. The molecule has 0 fully saturated rings. The summed E-state index contributed by atoms with van der Waals surface area (Å²) in [6.45, 7) is 4.19. The van der Waals surface area contributed by atoms with Crippen molar-refractivity contribution in [3.63, 3.8) is 0 Å². The number of aromatic nitrogens is 4. The molecular formula is C21H21N5O2. The third kappa shape index (κ3) is 3.05. The molecule has 4 aromatic rings. The topological polar surface area (TPSA) is 84.0 Å². The number of carbonyl (C=O) groups is 1. The Labute approximate surface area is 162 Å². The summed E-state index contributed by atoms with van der Waals surface area (Å²) in [5, 5.41) is 8.07. The number of hydrogen-bond donors (Lipinski definition) is 1. The second-order valence-corrected chi connectivity index (χ2v) is 6.97. The van der Waals surface area contributed by atoms with Crippen LogP contribution in [-0.2, 0) is 4.74 Å². The van der Waals surface area contributed by atoms with Crippen LogP contribution in [0, 0.1) is 0 Å². The number of aromatic amines is 1. The third-order valence-corrected chi connectivity index (χ3v) is 4.89. The van der Waals surface area contributed by atoms with Crippen LogP contribution < -0.4 is 4.90 Å². The average molecular weight is 375 g/mol. The van der Waals surface area contributed by atoms with Crippen molar-refractivity contribution in [3.05, 3.63) is 48.2 Å². The van der Waals surface area contributed by atoms with Gasteiger partial charge in [-0.25, -0.2) is 14.8 Å². The highest BCUT2D eigenvalue weighted by atomic mass is 16.5. The number of fused-ring (bicyclic) bond motifs is 2. The fourth-order valence-corrected chi connectivity index (χ4v) is 3.06. The van der Waals surface area contributed by atoms with E-state index in [0.29, 0.717) is 11.1 Å². The summed E-state index contributed by atoms with van der Waals surface area (Å²) < 4.78 is 4.82. The number of carbonyl (C=O) groups excluding carboxylic acids is 1. The lowest BCUT2D eigenvalue weighted by Crippen LogP contribution is -2.27. The molecule has 0 saturated carbocycles. The van der Waals surface area contributed by atoms with Gasteiger partial charge < -0.3 is 9.64 Å². The molecule has 4 rings (SSSR count). The lowest BCUT2D eigenvalue weighted by Gasteiger charge is -2.25. The van der Waals surface area contributed by atoms with E-state index in [0.717, 1.165) is 33.5 Å². The maximum absolute atomic E-state index is 11.9. The first-order chi connectivity index (χ1) is 13.5. The zero-order chi connectivity index (χ0) is 19.8. The zero-order valence-electron chi connectivity index (χ0n) is 16.2. The third-order valence-electron chi connectivity index (χ3n) is 4.89. The van der Waals surface area contributed by atoms with Gasteiger partial charge in [0.15, 0.2) is 5.82 Å². The van der Waals surface area contributed by atoms with Crippen LogP contribution in [0.15, 0.2) is 42.6 Å². The summed E-state index contributed by atoms with van der Waals surface area (Å²) in [6.07, 6.45) is 1.79. The SMILES string of the molecule is COC(=O)c1ccc2nc(-c3ccc4[nH]ncc4c3)c(N(C)C(C)C)nc2c1. The molecule has 7 nitrogen and oxygen atoms in total. The highest BCUT2D eigenvalue weighted by Crippen LogP contribution is 2.32. The van der Waals surface area contributed by atoms with Crippen molar-refractivity contribution in [2.24, 2.45) is 0 Å². The molecule has 0 radical (unpaired) electrons. The minimum atomic E-state index is -0.392. The molecule has 0 aliphatic carbocycles. The maximum Gasteiger partial charge on any atom is 0.337 e. The molecular weight excluding hydrogens is 354 g/mol. The summed E-state index contributed by atoms with van der Waals surface area (Å²) >= 11 is 0. The smallest absolute Gasteiger partial charge is 0.337 e. The van der Waals surface area contributed by atoms with Gasteiger partial charge in [-0.1, -0.05) is 6.07 Å². The Morgan fingerprint density at radius 1 is 1.11 bits per heavy atom. The molecule has 2 aromatic carbocycles. The zero-order valence-corrected chi connectivity index (χ0v) is 16.2. The second kappa shape index (κ2) is 6.92. The van der Waals surface area contributed by atoms with Crippen LogP contribution in [-0.4, -0.2) is 46.3 Å². The van der Waals surface area contributed by atoms with Crippen LogP contribution in [0.4, 0.5) is 5.82 Å². The number of anilines is 1. The largest absolute Gasteiger partial charge is 0.465 e. The average Bonchev–Trinajstić information content (AvgIpc) is 3.18. The van der Waals surface area contributed by atoms with Crippen LogP contribution in [0.5, 0.6) is 0 Å². The fourth-order valence-electron chi connectivity index (χ4n) is 3.06. The number of nitrogens with zero attached hydrogens (tertiary/aromatic N) is 4. The van der Waals surface area contributed by atoms with Gasteiger partial charge in [0.05, 0.1) is 35.4 Å². The fraction of sp³-hybridized carbons (Fsp3) is 0.238. The highest BCUT2D eigenvalue weighted by molar-refractivity contribution is 5.95. The summed E-state index contributed by atoms with van der Waals surface area (Å²) in [5.41, 5.74) is 4.55. The Morgan fingerprint density at radius 3 is 2.68 bits per heavy atom. The summed E-state index contributed by atoms with van der Waals surface area (Å²) in [7, 11) is 3.36. The van der Waals surface area contributed by atoms with Crippen LogP contribution in [0.2, 0.25) is 0 Å². The van der Waals surface area contributed by atoms with Crippen LogP contribution in [0.3, 0.4) is 0 Å². The van der Waals surface area contributed by atoms with E-state index in [4.69, 9.17) is 14.7 Å². The van der Waals surface area contributed by atoms with Crippen molar-refractivity contribution >= 4 is 33.7 Å². The van der Waals surface area contributed by atoms with E-state index < -0.39 is 5.97 Å². The standard InChI is InChI=1S/C21H21N5O2/c1-12(2)26(3)20-19(13-5-7-16-15(9-13)11-22-25-16)23-17-8-6-14(21(27)28-4)10-18(17)24-20/h5-12H,1-4H3,(H,22,25). The van der Waals surface area contributed by atoms with E-state index in [1.54, 1.807) is 24.4 Å². The maximum atomic E-state index is 11.9. The van der Waals surface area contributed by atoms with Gasteiger partial charge in [0, 0.05) is 24.0 Å². The van der Waals surface area contributed by atoms with E-state index in [2.05, 4.69) is 35.0 Å². The number of hydrogen-bond acceptors (Lipinski definition) is 6. The van der Waals surface area contributed by atoms with E-state index in [1.165, 1.54) is 7.11 Å². The monoisotopic (exact) mass is 375 g/mol. The predicted octanol–water partition coefficient (Wildman–Crippen LogP) is 3.80. The molecule has 0 atom stereocenters. The molecule has 28 heavy (non-hydrogen) atoms. The first-order valence-corrected chi connectivity index (χ1v) is 9.04. The normalized spacial score (nSPS) is 11.3. The van der Waals surface area contributed by atoms with Gasteiger partial charge >= 0.3 is 5.97 Å². The van der Waals surface area contributed by atoms with Crippen molar-refractivity contribution in [3.8, 4) is 11.3 Å². The highest BCUT2D eigenvalue weighted by Gasteiger charge is 2.18. The van der Waals surface area contributed by atoms with E-state index in [9.17, 15) is 4.79 Å². The molecule has 0 aliphatic heterocycles. The van der Waals surface area contributed by atoms with Crippen LogP contribution in [0.25, 0.3) is 33.2 Å². The molecule has 0 aliphatic rings. The van der Waals surface area contributed by atoms with Crippen LogP contribution in [0.1, 0.15) is 24.2 Å².